The minimum atomic E-state index is 0.467. The first-order chi connectivity index (χ1) is 11.4. The van der Waals surface area contributed by atoms with Gasteiger partial charge in [0.05, 0.1) is 12.1 Å². The summed E-state index contributed by atoms with van der Waals surface area (Å²) >= 11 is 0. The molecule has 3 fully saturated rings. The first-order valence-corrected chi connectivity index (χ1v) is 10.3. The second-order valence-electron chi connectivity index (χ2n) is 8.43. The van der Waals surface area contributed by atoms with Gasteiger partial charge in [-0.15, -0.1) is 0 Å². The van der Waals surface area contributed by atoms with Crippen LogP contribution in [0.5, 0.6) is 0 Å². The number of hydrogen-bond donors (Lipinski definition) is 1. The average molecular weight is 319 g/mol. The summed E-state index contributed by atoms with van der Waals surface area (Å²) in [6.07, 6.45) is 17.9. The van der Waals surface area contributed by atoms with Crippen molar-refractivity contribution in [1.82, 2.24) is 10.3 Å². The second-order valence-corrected chi connectivity index (χ2v) is 8.43. The number of fused-ring (bicyclic) bond motifs is 1. The molecule has 4 heteroatoms. The van der Waals surface area contributed by atoms with E-state index in [4.69, 9.17) is 0 Å². The average Bonchev–Trinajstić information content (AvgIpc) is 3.05. The molecule has 3 atom stereocenters. The first-order valence-electron chi connectivity index (χ1n) is 10.3. The van der Waals surface area contributed by atoms with Crippen molar-refractivity contribution in [2.45, 2.75) is 108 Å². The minimum Gasteiger partial charge on any atom is -0.314 e. The third-order valence-corrected chi connectivity index (χ3v) is 6.79. The van der Waals surface area contributed by atoms with Crippen LogP contribution in [0.25, 0.3) is 0 Å². The van der Waals surface area contributed by atoms with Gasteiger partial charge in [0, 0.05) is 12.1 Å². The van der Waals surface area contributed by atoms with Gasteiger partial charge in [0.2, 0.25) is 0 Å². The minimum absolute atomic E-state index is 0.467. The maximum atomic E-state index is 4.67. The summed E-state index contributed by atoms with van der Waals surface area (Å²) in [6, 6.07) is 2.46. The van der Waals surface area contributed by atoms with E-state index < -0.39 is 0 Å². The first kappa shape index (κ1) is 15.9. The number of hydrogen-bond acceptors (Lipinski definition) is 4. The van der Waals surface area contributed by atoms with Crippen LogP contribution in [0.1, 0.15) is 83.5 Å². The summed E-state index contributed by atoms with van der Waals surface area (Å²) in [5, 5.41) is 15.6. The Balaban J connectivity index is 1.25. The maximum absolute atomic E-state index is 4.67. The van der Waals surface area contributed by atoms with Crippen molar-refractivity contribution >= 4 is 0 Å². The molecule has 0 spiro atoms. The second kappa shape index (κ2) is 7.50. The molecule has 3 aliphatic carbocycles. The molecule has 0 aromatic rings. The van der Waals surface area contributed by atoms with E-state index in [-0.39, 0.29) is 0 Å². The molecule has 0 aromatic carbocycles. The smallest absolute Gasteiger partial charge is 0.0964 e. The van der Waals surface area contributed by atoms with Crippen molar-refractivity contribution in [2.24, 2.45) is 16.3 Å². The summed E-state index contributed by atoms with van der Waals surface area (Å²) in [4.78, 5) is 0. The highest BCUT2D eigenvalue weighted by Crippen LogP contribution is 2.36. The van der Waals surface area contributed by atoms with Crippen molar-refractivity contribution in [3.8, 4) is 0 Å². The molecule has 1 N–H and O–H groups in total. The van der Waals surface area contributed by atoms with Crippen LogP contribution in [0.3, 0.4) is 0 Å². The highest BCUT2D eigenvalue weighted by molar-refractivity contribution is 4.97. The van der Waals surface area contributed by atoms with Gasteiger partial charge in [0.15, 0.2) is 0 Å². The third-order valence-electron chi connectivity index (χ3n) is 6.79. The largest absolute Gasteiger partial charge is 0.314 e. The number of nitrogens with one attached hydrogen (secondary N) is 1. The molecule has 3 unspecified atom stereocenters. The van der Waals surface area contributed by atoms with Crippen LogP contribution in [-0.2, 0) is 0 Å². The van der Waals surface area contributed by atoms with E-state index >= 15 is 0 Å². The zero-order chi connectivity index (χ0) is 15.5. The predicted molar refractivity (Wildman–Crippen MR) is 93.4 cm³/mol. The van der Waals surface area contributed by atoms with Crippen LogP contribution < -0.4 is 5.32 Å². The fourth-order valence-electron chi connectivity index (χ4n) is 5.36. The lowest BCUT2D eigenvalue weighted by atomic mass is 9.84. The summed E-state index contributed by atoms with van der Waals surface area (Å²) in [5.41, 5.74) is 0. The normalized spacial score (nSPS) is 36.3. The summed E-state index contributed by atoms with van der Waals surface area (Å²) < 4.78 is 0. The van der Waals surface area contributed by atoms with E-state index in [1.165, 1.54) is 90.0 Å². The van der Waals surface area contributed by atoms with Crippen LogP contribution in [0, 0.1) is 5.92 Å². The van der Waals surface area contributed by atoms with Crippen molar-refractivity contribution in [2.75, 3.05) is 6.54 Å². The van der Waals surface area contributed by atoms with Crippen LogP contribution >= 0.6 is 0 Å². The van der Waals surface area contributed by atoms with Crippen molar-refractivity contribution in [1.29, 1.82) is 0 Å². The lowest BCUT2D eigenvalue weighted by Gasteiger charge is -2.39. The van der Waals surface area contributed by atoms with Crippen LogP contribution in [0.2, 0.25) is 0 Å². The van der Waals surface area contributed by atoms with E-state index in [0.29, 0.717) is 24.2 Å². The van der Waals surface area contributed by atoms with Gasteiger partial charge in [-0.1, -0.05) is 43.7 Å². The van der Waals surface area contributed by atoms with Crippen LogP contribution in [0.15, 0.2) is 10.3 Å². The summed E-state index contributed by atoms with van der Waals surface area (Å²) in [6.45, 7) is 1.24. The molecule has 1 aliphatic heterocycles. The zero-order valence-corrected chi connectivity index (χ0v) is 14.6. The van der Waals surface area contributed by atoms with Crippen molar-refractivity contribution < 1.29 is 0 Å². The van der Waals surface area contributed by atoms with Gasteiger partial charge in [0.25, 0.3) is 0 Å². The van der Waals surface area contributed by atoms with E-state index in [1.807, 2.05) is 0 Å². The molecular weight excluding hydrogens is 284 g/mol. The Kier molecular flexibility index (Phi) is 5.17. The Labute approximate surface area is 141 Å². The van der Waals surface area contributed by atoms with Crippen LogP contribution in [-0.4, -0.2) is 35.7 Å². The molecular formula is C19H34N4. The molecule has 23 heavy (non-hydrogen) atoms. The zero-order valence-electron chi connectivity index (χ0n) is 14.6. The maximum Gasteiger partial charge on any atom is 0.0964 e. The highest BCUT2D eigenvalue weighted by atomic mass is 15.6. The molecule has 0 aromatic heterocycles. The topological polar surface area (TPSA) is 40.0 Å². The van der Waals surface area contributed by atoms with Gasteiger partial charge in [-0.2, -0.15) is 5.11 Å². The Morgan fingerprint density at radius 1 is 0.826 bits per heavy atom. The Bertz CT molecular complexity index is 398. The molecule has 130 valence electrons. The summed E-state index contributed by atoms with van der Waals surface area (Å²) in [7, 11) is 0. The Morgan fingerprint density at radius 3 is 2.35 bits per heavy atom. The van der Waals surface area contributed by atoms with E-state index in [0.717, 1.165) is 5.92 Å². The summed E-state index contributed by atoms with van der Waals surface area (Å²) in [5.74, 6) is 0.936. The van der Waals surface area contributed by atoms with Gasteiger partial charge in [0.1, 0.15) is 0 Å². The molecule has 4 rings (SSSR count). The predicted octanol–water partition coefficient (Wildman–Crippen LogP) is 4.46. The van der Waals surface area contributed by atoms with Crippen molar-refractivity contribution in [3.63, 3.8) is 0 Å². The van der Waals surface area contributed by atoms with Gasteiger partial charge in [-0.3, -0.25) is 5.01 Å². The van der Waals surface area contributed by atoms with Gasteiger partial charge in [-0.25, -0.2) is 0 Å². The van der Waals surface area contributed by atoms with Crippen molar-refractivity contribution in [3.05, 3.63) is 0 Å². The molecule has 0 bridgehead atoms. The lowest BCUT2D eigenvalue weighted by Crippen LogP contribution is -2.49. The fraction of sp³-hybridized carbons (Fsp3) is 1.00. The fourth-order valence-corrected chi connectivity index (χ4v) is 5.36. The Hall–Kier alpha value is -0.640. The van der Waals surface area contributed by atoms with Gasteiger partial charge >= 0.3 is 0 Å². The molecule has 1 heterocycles. The van der Waals surface area contributed by atoms with Gasteiger partial charge < -0.3 is 5.32 Å². The quantitative estimate of drug-likeness (QED) is 0.831. The van der Waals surface area contributed by atoms with E-state index in [2.05, 4.69) is 20.7 Å². The number of rotatable bonds is 4. The molecule has 0 saturated heterocycles. The van der Waals surface area contributed by atoms with Crippen LogP contribution in [0.4, 0.5) is 0 Å². The monoisotopic (exact) mass is 318 g/mol. The Morgan fingerprint density at radius 2 is 1.57 bits per heavy atom. The molecule has 0 radical (unpaired) electrons. The van der Waals surface area contributed by atoms with Gasteiger partial charge in [-0.05, 0) is 57.4 Å². The highest BCUT2D eigenvalue weighted by Gasteiger charge is 2.41. The number of nitrogens with zero attached hydrogens (tertiary/aromatic N) is 3. The molecule has 0 amide bonds. The van der Waals surface area contributed by atoms with E-state index in [9.17, 15) is 0 Å². The third kappa shape index (κ3) is 3.72. The molecule has 4 nitrogen and oxygen atoms in total. The SMILES string of the molecule is C1CCC(CNC2CCC3C(C2)N=NN3C2CCCCC2)CC1. The van der Waals surface area contributed by atoms with E-state index in [1.54, 1.807) is 0 Å². The standard InChI is InChI=1S/C19H34N4/c1-3-7-15(8-4-1)14-20-16-11-12-19-18(13-16)21-22-23(19)17-9-5-2-6-10-17/h15-20H,1-14H2. The molecule has 4 aliphatic rings. The lowest BCUT2D eigenvalue weighted by molar-refractivity contribution is 0.0949. The molecule has 3 saturated carbocycles.